The van der Waals surface area contributed by atoms with Crippen LogP contribution in [0.1, 0.15) is 46.5 Å². The fourth-order valence-corrected chi connectivity index (χ4v) is 1.07. The van der Waals surface area contributed by atoms with Crippen LogP contribution in [0.4, 0.5) is 0 Å². The van der Waals surface area contributed by atoms with E-state index in [9.17, 15) is 9.90 Å². The topological polar surface area (TPSA) is 66.8 Å². The third kappa shape index (κ3) is 5.94. The minimum absolute atomic E-state index is 0.143. The van der Waals surface area contributed by atoms with E-state index in [1.807, 2.05) is 0 Å². The Morgan fingerprint density at radius 2 is 2.07 bits per heavy atom. The van der Waals surface area contributed by atoms with Crippen LogP contribution in [0.3, 0.4) is 0 Å². The lowest BCUT2D eigenvalue weighted by molar-refractivity contribution is -0.236. The van der Waals surface area contributed by atoms with Gasteiger partial charge in [-0.25, -0.2) is 4.79 Å². The van der Waals surface area contributed by atoms with Crippen molar-refractivity contribution in [2.24, 2.45) is 5.41 Å². The van der Waals surface area contributed by atoms with Gasteiger partial charge in [-0.1, -0.05) is 27.2 Å². The number of hydrogen-bond acceptors (Lipinski definition) is 4. The molecule has 0 aromatic rings. The van der Waals surface area contributed by atoms with Crippen LogP contribution < -0.4 is 0 Å². The van der Waals surface area contributed by atoms with E-state index in [0.717, 1.165) is 12.8 Å². The van der Waals surface area contributed by atoms with Crippen molar-refractivity contribution < 1.29 is 20.0 Å². The molecule has 2 N–H and O–H groups in total. The molecular formula is C10H20O4. The normalized spacial score (nSPS) is 13.8. The number of carbonyl (C=O) groups is 1. The highest BCUT2D eigenvalue weighted by molar-refractivity contribution is 5.69. The second kappa shape index (κ2) is 5.98. The van der Waals surface area contributed by atoms with E-state index in [-0.39, 0.29) is 11.8 Å². The molecule has 4 heteroatoms. The van der Waals surface area contributed by atoms with Gasteiger partial charge in [0.25, 0.3) is 0 Å². The van der Waals surface area contributed by atoms with Crippen LogP contribution in [0.2, 0.25) is 0 Å². The lowest BCUT2D eigenvalue weighted by Gasteiger charge is -2.23. The molecule has 0 saturated carbocycles. The Bertz CT molecular complexity index is 177. The molecule has 1 unspecified atom stereocenters. The first-order chi connectivity index (χ1) is 6.41. The molecule has 0 aliphatic heterocycles. The molecule has 0 spiro atoms. The molecule has 0 fully saturated rings. The summed E-state index contributed by atoms with van der Waals surface area (Å²) in [5.74, 6) is -0.785. The summed E-state index contributed by atoms with van der Waals surface area (Å²) in [6.45, 7) is 6.32. The Balaban J connectivity index is 3.74. The minimum atomic E-state index is -0.785. The highest BCUT2D eigenvalue weighted by Crippen LogP contribution is 2.27. The Morgan fingerprint density at radius 3 is 2.50 bits per heavy atom. The molecule has 0 rings (SSSR count). The van der Waals surface area contributed by atoms with Crippen LogP contribution >= 0.6 is 0 Å². The Morgan fingerprint density at radius 1 is 1.50 bits per heavy atom. The summed E-state index contributed by atoms with van der Waals surface area (Å²) in [5, 5.41) is 17.4. The highest BCUT2D eigenvalue weighted by Gasteiger charge is 2.19. The molecule has 0 saturated heterocycles. The molecule has 0 aromatic heterocycles. The summed E-state index contributed by atoms with van der Waals surface area (Å²) in [5.41, 5.74) is 0.185. The fourth-order valence-electron chi connectivity index (χ4n) is 1.07. The van der Waals surface area contributed by atoms with Crippen molar-refractivity contribution in [2.45, 2.75) is 52.6 Å². The molecule has 0 bridgehead atoms. The highest BCUT2D eigenvalue weighted by atomic mass is 17.1. The van der Waals surface area contributed by atoms with Crippen LogP contribution in [0.15, 0.2) is 0 Å². The lowest BCUT2D eigenvalue weighted by Crippen LogP contribution is -2.18. The van der Waals surface area contributed by atoms with E-state index < -0.39 is 12.1 Å². The van der Waals surface area contributed by atoms with Gasteiger partial charge in [0.1, 0.15) is 0 Å². The summed E-state index contributed by atoms with van der Waals surface area (Å²) in [4.78, 5) is 14.1. The van der Waals surface area contributed by atoms with E-state index >= 15 is 0 Å². The summed E-state index contributed by atoms with van der Waals surface area (Å²) in [6.07, 6.45) is 1.57. The van der Waals surface area contributed by atoms with Gasteiger partial charge < -0.3 is 9.99 Å². The van der Waals surface area contributed by atoms with Crippen molar-refractivity contribution in [3.8, 4) is 0 Å². The molecule has 1 atom stereocenters. The molecule has 0 heterocycles. The van der Waals surface area contributed by atoms with E-state index in [2.05, 4.69) is 25.7 Å². The third-order valence-electron chi connectivity index (χ3n) is 2.62. The number of carbonyl (C=O) groups excluding carboxylic acids is 1. The average Bonchev–Trinajstić information content (AvgIpc) is 2.15. The van der Waals surface area contributed by atoms with Crippen molar-refractivity contribution in [1.29, 1.82) is 0 Å². The molecule has 14 heavy (non-hydrogen) atoms. The summed E-state index contributed by atoms with van der Waals surface area (Å²) in [6, 6.07) is 0. The van der Waals surface area contributed by atoms with E-state index in [1.54, 1.807) is 0 Å². The van der Waals surface area contributed by atoms with Gasteiger partial charge in [-0.05, 0) is 18.3 Å². The van der Waals surface area contributed by atoms with Crippen molar-refractivity contribution in [3.05, 3.63) is 0 Å². The standard InChI is InChI=1S/C10H20O4/c1-4-10(2,3)6-5-8(11)7-9(12)14-13/h8,11,13H,4-7H2,1-3H3. The van der Waals surface area contributed by atoms with Crippen LogP contribution in [0.5, 0.6) is 0 Å². The van der Waals surface area contributed by atoms with Crippen LogP contribution in [-0.2, 0) is 9.68 Å². The average molecular weight is 204 g/mol. The van der Waals surface area contributed by atoms with E-state index in [4.69, 9.17) is 5.26 Å². The zero-order valence-corrected chi connectivity index (χ0v) is 9.12. The van der Waals surface area contributed by atoms with E-state index in [0.29, 0.717) is 6.42 Å². The smallest absolute Gasteiger partial charge is 0.344 e. The minimum Gasteiger partial charge on any atom is -0.393 e. The van der Waals surface area contributed by atoms with Crippen molar-refractivity contribution in [1.82, 2.24) is 0 Å². The Hall–Kier alpha value is -0.610. The van der Waals surface area contributed by atoms with Gasteiger partial charge in [0, 0.05) is 0 Å². The van der Waals surface area contributed by atoms with Crippen LogP contribution in [0, 0.1) is 5.41 Å². The molecular weight excluding hydrogens is 184 g/mol. The van der Waals surface area contributed by atoms with Crippen LogP contribution in [0.25, 0.3) is 0 Å². The van der Waals surface area contributed by atoms with Crippen molar-refractivity contribution in [2.75, 3.05) is 0 Å². The SMILES string of the molecule is CCC(C)(C)CCC(O)CC(=O)OO. The number of aliphatic hydroxyl groups is 1. The fraction of sp³-hybridized carbons (Fsp3) is 0.900. The third-order valence-corrected chi connectivity index (χ3v) is 2.62. The summed E-state index contributed by atoms with van der Waals surface area (Å²) >= 11 is 0. The van der Waals surface area contributed by atoms with Gasteiger partial charge >= 0.3 is 5.97 Å². The first-order valence-electron chi connectivity index (χ1n) is 4.93. The number of rotatable bonds is 6. The molecule has 0 aliphatic carbocycles. The number of hydrogen-bond donors (Lipinski definition) is 2. The molecule has 4 nitrogen and oxygen atoms in total. The second-order valence-electron chi connectivity index (χ2n) is 4.38. The van der Waals surface area contributed by atoms with Gasteiger partial charge in [0.2, 0.25) is 0 Å². The predicted molar refractivity (Wildman–Crippen MR) is 52.7 cm³/mol. The largest absolute Gasteiger partial charge is 0.393 e. The predicted octanol–water partition coefficient (Wildman–Crippen LogP) is 1.97. The number of aliphatic hydroxyl groups excluding tert-OH is 1. The second-order valence-corrected chi connectivity index (χ2v) is 4.38. The van der Waals surface area contributed by atoms with Crippen LogP contribution in [-0.4, -0.2) is 22.4 Å². The maximum atomic E-state index is 10.6. The molecule has 0 radical (unpaired) electrons. The lowest BCUT2D eigenvalue weighted by atomic mass is 9.84. The first-order valence-corrected chi connectivity index (χ1v) is 4.93. The van der Waals surface area contributed by atoms with Gasteiger partial charge in [0.05, 0.1) is 12.5 Å². The Labute approximate surface area is 84.8 Å². The van der Waals surface area contributed by atoms with Gasteiger partial charge in [0.15, 0.2) is 0 Å². The maximum absolute atomic E-state index is 10.6. The molecule has 0 amide bonds. The molecule has 0 aliphatic rings. The molecule has 0 aromatic carbocycles. The monoisotopic (exact) mass is 204 g/mol. The molecule has 84 valence electrons. The van der Waals surface area contributed by atoms with Gasteiger partial charge in [-0.3, -0.25) is 0 Å². The quantitative estimate of drug-likeness (QED) is 0.512. The summed E-state index contributed by atoms with van der Waals surface area (Å²) < 4.78 is 0. The van der Waals surface area contributed by atoms with Gasteiger partial charge in [-0.15, -0.1) is 0 Å². The first kappa shape index (κ1) is 13.4. The van der Waals surface area contributed by atoms with E-state index in [1.165, 1.54) is 0 Å². The van der Waals surface area contributed by atoms with Gasteiger partial charge in [-0.2, -0.15) is 5.26 Å². The summed E-state index contributed by atoms with van der Waals surface area (Å²) in [7, 11) is 0. The zero-order chi connectivity index (χ0) is 11.2. The Kier molecular flexibility index (Phi) is 5.72. The van der Waals surface area contributed by atoms with Crippen molar-refractivity contribution >= 4 is 5.97 Å². The maximum Gasteiger partial charge on any atom is 0.344 e. The van der Waals surface area contributed by atoms with Crippen molar-refractivity contribution in [3.63, 3.8) is 0 Å². The zero-order valence-electron chi connectivity index (χ0n) is 9.12.